The summed E-state index contributed by atoms with van der Waals surface area (Å²) in [5, 5.41) is 2.92. The molecule has 2 nitrogen and oxygen atoms in total. The molecule has 1 aromatic rings. The van der Waals surface area contributed by atoms with Crippen molar-refractivity contribution in [2.24, 2.45) is 5.41 Å². The molecule has 0 bridgehead atoms. The lowest BCUT2D eigenvalue weighted by atomic mass is 10.1. The van der Waals surface area contributed by atoms with E-state index < -0.39 is 11.7 Å². The SMILES string of the molecule is FC(F)(F)c1ccnc(NCC2(CCl)CC2)c1. The molecule has 0 unspecified atom stereocenters. The van der Waals surface area contributed by atoms with Gasteiger partial charge in [-0.3, -0.25) is 0 Å². The number of nitrogens with one attached hydrogen (secondary N) is 1. The number of halogens is 4. The molecule has 0 atom stereocenters. The smallest absolute Gasteiger partial charge is 0.369 e. The van der Waals surface area contributed by atoms with Crippen molar-refractivity contribution in [1.82, 2.24) is 4.98 Å². The highest BCUT2D eigenvalue weighted by atomic mass is 35.5. The molecule has 0 aliphatic heterocycles. The number of rotatable bonds is 4. The van der Waals surface area contributed by atoms with Gasteiger partial charge in [0.1, 0.15) is 5.82 Å². The number of pyridine rings is 1. The fourth-order valence-corrected chi connectivity index (χ4v) is 1.88. The molecule has 1 fully saturated rings. The van der Waals surface area contributed by atoms with E-state index in [0.717, 1.165) is 31.2 Å². The fourth-order valence-electron chi connectivity index (χ4n) is 1.52. The van der Waals surface area contributed by atoms with Crippen LogP contribution in [0.3, 0.4) is 0 Å². The van der Waals surface area contributed by atoms with Crippen LogP contribution in [0.25, 0.3) is 0 Å². The van der Waals surface area contributed by atoms with E-state index in [1.807, 2.05) is 0 Å². The molecule has 1 aliphatic rings. The molecule has 94 valence electrons. The summed E-state index contributed by atoms with van der Waals surface area (Å²) in [6, 6.07) is 1.98. The second-order valence-corrected chi connectivity index (χ2v) is 4.68. The van der Waals surface area contributed by atoms with Gasteiger partial charge < -0.3 is 5.32 Å². The lowest BCUT2D eigenvalue weighted by Crippen LogP contribution is -2.18. The monoisotopic (exact) mass is 264 g/mol. The fraction of sp³-hybridized carbons (Fsp3) is 0.545. The molecule has 1 saturated carbocycles. The minimum Gasteiger partial charge on any atom is -0.369 e. The summed E-state index contributed by atoms with van der Waals surface area (Å²) in [6.45, 7) is 0.574. The molecule has 0 saturated heterocycles. The molecule has 0 amide bonds. The Morgan fingerprint density at radius 2 is 2.12 bits per heavy atom. The Balaban J connectivity index is 2.02. The third kappa shape index (κ3) is 3.03. The van der Waals surface area contributed by atoms with Gasteiger partial charge in [-0.25, -0.2) is 4.98 Å². The highest BCUT2D eigenvalue weighted by molar-refractivity contribution is 6.18. The zero-order chi connectivity index (χ0) is 12.5. The van der Waals surface area contributed by atoms with Crippen LogP contribution >= 0.6 is 11.6 Å². The maximum atomic E-state index is 12.4. The summed E-state index contributed by atoms with van der Waals surface area (Å²) < 4.78 is 37.3. The van der Waals surface area contributed by atoms with Crippen molar-refractivity contribution in [3.05, 3.63) is 23.9 Å². The number of hydrogen-bond acceptors (Lipinski definition) is 2. The average molecular weight is 265 g/mol. The summed E-state index contributed by atoms with van der Waals surface area (Å²) >= 11 is 5.79. The molecule has 17 heavy (non-hydrogen) atoms. The Kier molecular flexibility index (Phi) is 3.21. The molecule has 6 heteroatoms. The van der Waals surface area contributed by atoms with E-state index in [4.69, 9.17) is 11.6 Å². The lowest BCUT2D eigenvalue weighted by molar-refractivity contribution is -0.137. The summed E-state index contributed by atoms with van der Waals surface area (Å²) in [5.74, 6) is 0.773. The first-order valence-corrected chi connectivity index (χ1v) is 5.82. The van der Waals surface area contributed by atoms with E-state index in [-0.39, 0.29) is 11.2 Å². The van der Waals surface area contributed by atoms with Crippen LogP contribution in [-0.4, -0.2) is 17.4 Å². The lowest BCUT2D eigenvalue weighted by Gasteiger charge is -2.14. The van der Waals surface area contributed by atoms with Gasteiger partial charge >= 0.3 is 6.18 Å². The highest BCUT2D eigenvalue weighted by Gasteiger charge is 2.41. The molecule has 0 aromatic carbocycles. The van der Waals surface area contributed by atoms with Gasteiger partial charge in [-0.15, -0.1) is 11.6 Å². The van der Waals surface area contributed by atoms with Gasteiger partial charge in [0.15, 0.2) is 0 Å². The first-order valence-electron chi connectivity index (χ1n) is 5.28. The molecule has 0 spiro atoms. The van der Waals surface area contributed by atoms with Gasteiger partial charge in [-0.1, -0.05) is 0 Å². The van der Waals surface area contributed by atoms with Gasteiger partial charge in [0.25, 0.3) is 0 Å². The zero-order valence-corrected chi connectivity index (χ0v) is 9.78. The third-order valence-corrected chi connectivity index (χ3v) is 3.54. The Labute approximate surface area is 102 Å². The number of aromatic nitrogens is 1. The summed E-state index contributed by atoms with van der Waals surface area (Å²) in [7, 11) is 0. The molecule has 1 aliphatic carbocycles. The van der Waals surface area contributed by atoms with Crippen LogP contribution in [0, 0.1) is 5.41 Å². The molecular formula is C11H12ClF3N2. The van der Waals surface area contributed by atoms with Gasteiger partial charge in [-0.05, 0) is 25.0 Å². The summed E-state index contributed by atoms with van der Waals surface area (Å²) in [4.78, 5) is 3.86. The van der Waals surface area contributed by atoms with Crippen molar-refractivity contribution in [2.45, 2.75) is 19.0 Å². The second kappa shape index (κ2) is 4.37. The van der Waals surface area contributed by atoms with Crippen LogP contribution in [0.1, 0.15) is 18.4 Å². The quantitative estimate of drug-likeness (QED) is 0.842. The van der Waals surface area contributed by atoms with Crippen LogP contribution in [0.2, 0.25) is 0 Å². The molecule has 0 radical (unpaired) electrons. The van der Waals surface area contributed by atoms with Gasteiger partial charge in [0.2, 0.25) is 0 Å². The van der Waals surface area contributed by atoms with E-state index in [0.29, 0.717) is 12.4 Å². The molecule has 2 rings (SSSR count). The molecule has 1 aromatic heterocycles. The van der Waals surface area contributed by atoms with Crippen LogP contribution in [-0.2, 0) is 6.18 Å². The Morgan fingerprint density at radius 3 is 2.65 bits per heavy atom. The van der Waals surface area contributed by atoms with Crippen molar-refractivity contribution < 1.29 is 13.2 Å². The first kappa shape index (κ1) is 12.5. The normalized spacial score (nSPS) is 17.9. The van der Waals surface area contributed by atoms with Crippen molar-refractivity contribution in [2.75, 3.05) is 17.7 Å². The van der Waals surface area contributed by atoms with Gasteiger partial charge in [-0.2, -0.15) is 13.2 Å². The Bertz CT molecular complexity index is 402. The van der Waals surface area contributed by atoms with Crippen molar-refractivity contribution in [3.63, 3.8) is 0 Å². The minimum absolute atomic E-state index is 0.0530. The van der Waals surface area contributed by atoms with Crippen LogP contribution < -0.4 is 5.32 Å². The predicted octanol–water partition coefficient (Wildman–Crippen LogP) is 3.53. The van der Waals surface area contributed by atoms with Crippen LogP contribution in [0.4, 0.5) is 19.0 Å². The number of hydrogen-bond donors (Lipinski definition) is 1. The van der Waals surface area contributed by atoms with Crippen LogP contribution in [0.5, 0.6) is 0 Å². The summed E-state index contributed by atoms with van der Waals surface area (Å²) in [6.07, 6.45) is -1.14. The first-order chi connectivity index (χ1) is 7.95. The third-order valence-electron chi connectivity index (χ3n) is 2.97. The van der Waals surface area contributed by atoms with Gasteiger partial charge in [0, 0.05) is 24.0 Å². The standard InChI is InChI=1S/C11H12ClF3N2/c12-6-10(2-3-10)7-17-9-5-8(1-4-16-9)11(13,14)15/h1,4-5H,2-3,6-7H2,(H,16,17). The Morgan fingerprint density at radius 1 is 1.41 bits per heavy atom. The largest absolute Gasteiger partial charge is 0.416 e. The second-order valence-electron chi connectivity index (χ2n) is 4.41. The van der Waals surface area contributed by atoms with E-state index in [9.17, 15) is 13.2 Å². The van der Waals surface area contributed by atoms with Crippen molar-refractivity contribution in [1.29, 1.82) is 0 Å². The maximum absolute atomic E-state index is 12.4. The topological polar surface area (TPSA) is 24.9 Å². The Hall–Kier alpha value is -0.970. The van der Waals surface area contributed by atoms with E-state index >= 15 is 0 Å². The van der Waals surface area contributed by atoms with Crippen molar-refractivity contribution in [3.8, 4) is 0 Å². The number of nitrogens with zero attached hydrogens (tertiary/aromatic N) is 1. The zero-order valence-electron chi connectivity index (χ0n) is 9.02. The van der Waals surface area contributed by atoms with Crippen molar-refractivity contribution >= 4 is 17.4 Å². The predicted molar refractivity (Wildman–Crippen MR) is 60.1 cm³/mol. The van der Waals surface area contributed by atoms with E-state index in [1.54, 1.807) is 0 Å². The average Bonchev–Trinajstić information content (AvgIpc) is 3.06. The molecule has 1 N–H and O–H groups in total. The minimum atomic E-state index is -4.33. The van der Waals surface area contributed by atoms with E-state index in [1.165, 1.54) is 0 Å². The number of alkyl halides is 4. The molecule has 1 heterocycles. The molecular weight excluding hydrogens is 253 g/mol. The number of anilines is 1. The van der Waals surface area contributed by atoms with Gasteiger partial charge in [0.05, 0.1) is 5.56 Å². The maximum Gasteiger partial charge on any atom is 0.416 e. The summed E-state index contributed by atoms with van der Waals surface area (Å²) in [5.41, 5.74) is -0.636. The van der Waals surface area contributed by atoms with Crippen LogP contribution in [0.15, 0.2) is 18.3 Å². The van der Waals surface area contributed by atoms with E-state index in [2.05, 4.69) is 10.3 Å². The highest BCUT2D eigenvalue weighted by Crippen LogP contribution is 2.46.